The smallest absolute Gasteiger partial charge is 0.414 e. The lowest BCUT2D eigenvalue weighted by molar-refractivity contribution is 0.0580. The van der Waals surface area contributed by atoms with Gasteiger partial charge >= 0.3 is 6.09 Å². The fourth-order valence-electron chi connectivity index (χ4n) is 1.45. The quantitative estimate of drug-likeness (QED) is 0.604. The van der Waals surface area contributed by atoms with Gasteiger partial charge in [-0.15, -0.1) is 6.58 Å². The van der Waals surface area contributed by atoms with Crippen molar-refractivity contribution in [3.8, 4) is 0 Å². The maximum Gasteiger partial charge on any atom is 0.414 e. The number of nitrogens with zero attached hydrogens (tertiary/aromatic N) is 2. The van der Waals surface area contributed by atoms with Crippen LogP contribution in [0.3, 0.4) is 0 Å². The molecule has 1 aromatic heterocycles. The monoisotopic (exact) mass is 344 g/mol. The maximum atomic E-state index is 13.3. The van der Waals surface area contributed by atoms with Crippen molar-refractivity contribution in [1.82, 2.24) is 4.98 Å². The first-order valence-electron chi connectivity index (χ1n) is 6.17. The first kappa shape index (κ1) is 16.6. The summed E-state index contributed by atoms with van der Waals surface area (Å²) in [5.41, 5.74) is -0.294. The van der Waals surface area contributed by atoms with E-state index in [-0.39, 0.29) is 0 Å². The van der Waals surface area contributed by atoms with E-state index in [1.165, 1.54) is 11.0 Å². The Hall–Kier alpha value is -1.43. The zero-order valence-electron chi connectivity index (χ0n) is 11.8. The number of hydrogen-bond donors (Lipinski definition) is 0. The van der Waals surface area contributed by atoms with Crippen LogP contribution in [-0.2, 0) is 4.74 Å². The van der Waals surface area contributed by atoms with Gasteiger partial charge < -0.3 is 4.74 Å². The van der Waals surface area contributed by atoms with E-state index in [2.05, 4.69) is 27.5 Å². The second-order valence-corrected chi connectivity index (χ2v) is 5.92. The van der Waals surface area contributed by atoms with Gasteiger partial charge in [0.1, 0.15) is 16.0 Å². The van der Waals surface area contributed by atoms with Gasteiger partial charge in [-0.2, -0.15) is 0 Å². The zero-order valence-corrected chi connectivity index (χ0v) is 13.4. The minimum Gasteiger partial charge on any atom is -0.443 e. The van der Waals surface area contributed by atoms with E-state index in [9.17, 15) is 9.18 Å². The summed E-state index contributed by atoms with van der Waals surface area (Å²) in [4.78, 5) is 17.4. The minimum atomic E-state index is -0.628. The molecule has 1 heterocycles. The fraction of sp³-hybridized carbons (Fsp3) is 0.429. The highest BCUT2D eigenvalue weighted by Crippen LogP contribution is 2.26. The highest BCUT2D eigenvalue weighted by molar-refractivity contribution is 9.10. The van der Waals surface area contributed by atoms with Crippen LogP contribution in [0.2, 0.25) is 0 Å². The Kier molecular flexibility index (Phi) is 5.68. The molecule has 6 heteroatoms. The number of amides is 1. The number of anilines is 1. The number of ether oxygens (including phenoxy) is 1. The van der Waals surface area contributed by atoms with Crippen LogP contribution in [0.5, 0.6) is 0 Å². The molecule has 0 unspecified atom stereocenters. The number of carbonyl (C=O) groups excluding carboxylic acids is 1. The molecule has 0 saturated carbocycles. The summed E-state index contributed by atoms with van der Waals surface area (Å²) in [6.45, 7) is 9.28. The molecule has 0 fully saturated rings. The average Bonchev–Trinajstić information content (AvgIpc) is 2.31. The summed E-state index contributed by atoms with van der Waals surface area (Å²) in [5.74, 6) is -0.518. The van der Waals surface area contributed by atoms with Crippen molar-refractivity contribution in [3.63, 3.8) is 0 Å². The van der Waals surface area contributed by atoms with Crippen LogP contribution < -0.4 is 4.90 Å². The van der Waals surface area contributed by atoms with Crippen molar-refractivity contribution in [2.45, 2.75) is 32.8 Å². The van der Waals surface area contributed by atoms with Crippen molar-refractivity contribution in [2.75, 3.05) is 11.4 Å². The highest BCUT2D eigenvalue weighted by Gasteiger charge is 2.25. The Balaban J connectivity index is 3.08. The van der Waals surface area contributed by atoms with E-state index in [0.29, 0.717) is 23.3 Å². The Morgan fingerprint density at radius 3 is 2.80 bits per heavy atom. The SMILES string of the molecule is C=CCCN(C(=O)OC(C)(C)C)c1cc(F)cnc1Br. The molecule has 0 aliphatic heterocycles. The van der Waals surface area contributed by atoms with Crippen LogP contribution in [0.15, 0.2) is 29.5 Å². The van der Waals surface area contributed by atoms with Gasteiger partial charge in [0.2, 0.25) is 0 Å². The molecule has 0 aromatic carbocycles. The average molecular weight is 345 g/mol. The predicted molar refractivity (Wildman–Crippen MR) is 80.3 cm³/mol. The first-order chi connectivity index (χ1) is 9.24. The Morgan fingerprint density at radius 1 is 1.60 bits per heavy atom. The van der Waals surface area contributed by atoms with E-state index in [0.717, 1.165) is 6.20 Å². The van der Waals surface area contributed by atoms with Crippen LogP contribution in [0.4, 0.5) is 14.9 Å². The number of halogens is 2. The predicted octanol–water partition coefficient (Wildman–Crippen LogP) is 4.30. The van der Waals surface area contributed by atoms with Crippen LogP contribution in [-0.4, -0.2) is 23.2 Å². The molecular weight excluding hydrogens is 327 g/mol. The lowest BCUT2D eigenvalue weighted by atomic mass is 10.2. The van der Waals surface area contributed by atoms with Crippen molar-refractivity contribution in [1.29, 1.82) is 0 Å². The number of carbonyl (C=O) groups is 1. The number of aromatic nitrogens is 1. The molecule has 20 heavy (non-hydrogen) atoms. The largest absolute Gasteiger partial charge is 0.443 e. The van der Waals surface area contributed by atoms with E-state index in [4.69, 9.17) is 4.74 Å². The zero-order chi connectivity index (χ0) is 15.3. The molecule has 0 saturated heterocycles. The van der Waals surface area contributed by atoms with Gasteiger partial charge in [0.15, 0.2) is 0 Å². The molecule has 4 nitrogen and oxygen atoms in total. The van der Waals surface area contributed by atoms with Crippen LogP contribution in [0.25, 0.3) is 0 Å². The summed E-state index contributed by atoms with van der Waals surface area (Å²) < 4.78 is 19.1. The molecule has 1 aromatic rings. The molecule has 1 amide bonds. The second-order valence-electron chi connectivity index (χ2n) is 5.17. The van der Waals surface area contributed by atoms with E-state index >= 15 is 0 Å². The fourth-order valence-corrected chi connectivity index (χ4v) is 1.88. The highest BCUT2D eigenvalue weighted by atomic mass is 79.9. The summed E-state index contributed by atoms with van der Waals surface area (Å²) in [6, 6.07) is 1.24. The molecule has 0 atom stereocenters. The summed E-state index contributed by atoms with van der Waals surface area (Å²) in [7, 11) is 0. The molecule has 1 rings (SSSR count). The maximum absolute atomic E-state index is 13.3. The summed E-state index contributed by atoms with van der Waals surface area (Å²) in [6.07, 6.45) is 2.77. The van der Waals surface area contributed by atoms with E-state index in [1.54, 1.807) is 26.8 Å². The second kappa shape index (κ2) is 6.83. The summed E-state index contributed by atoms with van der Waals surface area (Å²) in [5, 5.41) is 0. The normalized spacial score (nSPS) is 11.1. The third kappa shape index (κ3) is 4.92. The van der Waals surface area contributed by atoms with Gasteiger partial charge in [0.05, 0.1) is 11.9 Å². The Morgan fingerprint density at radius 2 is 2.25 bits per heavy atom. The minimum absolute atomic E-state index is 0.334. The van der Waals surface area contributed by atoms with Gasteiger partial charge in [-0.05, 0) is 43.1 Å². The van der Waals surface area contributed by atoms with Gasteiger partial charge in [0.25, 0.3) is 0 Å². The molecule has 0 N–H and O–H groups in total. The third-order valence-electron chi connectivity index (χ3n) is 2.25. The number of pyridine rings is 1. The van der Waals surface area contributed by atoms with E-state index < -0.39 is 17.5 Å². The molecule has 0 bridgehead atoms. The van der Waals surface area contributed by atoms with Crippen molar-refractivity contribution in [2.24, 2.45) is 0 Å². The topological polar surface area (TPSA) is 42.4 Å². The Labute approximate surface area is 126 Å². The molecule has 0 spiro atoms. The van der Waals surface area contributed by atoms with Crippen LogP contribution in [0.1, 0.15) is 27.2 Å². The number of rotatable bonds is 4. The number of hydrogen-bond acceptors (Lipinski definition) is 3. The lowest BCUT2D eigenvalue weighted by Crippen LogP contribution is -2.37. The van der Waals surface area contributed by atoms with Crippen LogP contribution in [0, 0.1) is 5.82 Å². The molecule has 110 valence electrons. The first-order valence-corrected chi connectivity index (χ1v) is 6.96. The summed E-state index contributed by atoms with van der Waals surface area (Å²) >= 11 is 3.22. The Bertz CT molecular complexity index is 500. The lowest BCUT2D eigenvalue weighted by Gasteiger charge is -2.27. The third-order valence-corrected chi connectivity index (χ3v) is 2.86. The van der Waals surface area contributed by atoms with Gasteiger partial charge in [0, 0.05) is 12.6 Å². The van der Waals surface area contributed by atoms with Crippen LogP contribution >= 0.6 is 15.9 Å². The molecule has 0 aliphatic carbocycles. The van der Waals surface area contributed by atoms with Crippen molar-refractivity contribution in [3.05, 3.63) is 35.3 Å². The molecule has 0 aliphatic rings. The van der Waals surface area contributed by atoms with Crippen molar-refractivity contribution < 1.29 is 13.9 Å². The van der Waals surface area contributed by atoms with Gasteiger partial charge in [-0.3, -0.25) is 4.90 Å². The molecular formula is C14H18BrFN2O2. The molecule has 0 radical (unpaired) electrons. The van der Waals surface area contributed by atoms with Gasteiger partial charge in [-0.25, -0.2) is 14.2 Å². The van der Waals surface area contributed by atoms with Crippen molar-refractivity contribution >= 4 is 27.7 Å². The standard InChI is InChI=1S/C14H18BrFN2O2/c1-5-6-7-18(13(19)20-14(2,3)4)11-8-10(16)9-17-12(11)15/h5,8-9H,1,6-7H2,2-4H3. The van der Waals surface area contributed by atoms with Gasteiger partial charge in [-0.1, -0.05) is 6.08 Å². The van der Waals surface area contributed by atoms with E-state index in [1.807, 2.05) is 0 Å².